The molecule has 0 saturated heterocycles. The maximum Gasteiger partial charge on any atom is 0.161 e. The van der Waals surface area contributed by atoms with Gasteiger partial charge in [0.05, 0.1) is 0 Å². The van der Waals surface area contributed by atoms with E-state index in [0.29, 0.717) is 11.1 Å². The van der Waals surface area contributed by atoms with Crippen LogP contribution in [0.1, 0.15) is 16.7 Å². The lowest BCUT2D eigenvalue weighted by Crippen LogP contribution is -1.88. The standard InChI is InChI=1S/C15H16O2/c1-9-4-6-12(7-5-9)13-8-10(2)14(16)15(17)11(13)3/h4-8,16-17H,1-3H3. The first-order valence-corrected chi connectivity index (χ1v) is 5.60. The highest BCUT2D eigenvalue weighted by molar-refractivity contribution is 5.73. The lowest BCUT2D eigenvalue weighted by molar-refractivity contribution is 0.399. The van der Waals surface area contributed by atoms with E-state index >= 15 is 0 Å². The molecule has 0 heterocycles. The molecule has 0 unspecified atom stereocenters. The highest BCUT2D eigenvalue weighted by atomic mass is 16.3. The van der Waals surface area contributed by atoms with E-state index in [4.69, 9.17) is 0 Å². The predicted octanol–water partition coefficient (Wildman–Crippen LogP) is 3.69. The van der Waals surface area contributed by atoms with E-state index in [9.17, 15) is 10.2 Å². The minimum atomic E-state index is -0.0293. The van der Waals surface area contributed by atoms with E-state index in [0.717, 1.165) is 11.1 Å². The van der Waals surface area contributed by atoms with E-state index in [1.165, 1.54) is 5.56 Å². The Morgan fingerprint density at radius 2 is 1.41 bits per heavy atom. The average molecular weight is 228 g/mol. The maximum absolute atomic E-state index is 9.83. The van der Waals surface area contributed by atoms with Crippen molar-refractivity contribution in [1.29, 1.82) is 0 Å². The molecule has 2 N–H and O–H groups in total. The summed E-state index contributed by atoms with van der Waals surface area (Å²) in [5.41, 5.74) is 4.59. The van der Waals surface area contributed by atoms with Gasteiger partial charge < -0.3 is 10.2 Å². The van der Waals surface area contributed by atoms with Gasteiger partial charge in [-0.2, -0.15) is 0 Å². The highest BCUT2D eigenvalue weighted by Gasteiger charge is 2.12. The predicted molar refractivity (Wildman–Crippen MR) is 69.4 cm³/mol. The van der Waals surface area contributed by atoms with Gasteiger partial charge in [0.25, 0.3) is 0 Å². The highest BCUT2D eigenvalue weighted by Crippen LogP contribution is 2.38. The van der Waals surface area contributed by atoms with E-state index in [-0.39, 0.29) is 11.5 Å². The molecule has 2 rings (SSSR count). The lowest BCUT2D eigenvalue weighted by Gasteiger charge is -2.12. The summed E-state index contributed by atoms with van der Waals surface area (Å²) >= 11 is 0. The topological polar surface area (TPSA) is 40.5 Å². The molecule has 0 radical (unpaired) electrons. The fraction of sp³-hybridized carbons (Fsp3) is 0.200. The van der Waals surface area contributed by atoms with E-state index in [2.05, 4.69) is 0 Å². The van der Waals surface area contributed by atoms with Crippen molar-refractivity contribution in [1.82, 2.24) is 0 Å². The third-order valence-electron chi connectivity index (χ3n) is 3.08. The van der Waals surface area contributed by atoms with Crippen LogP contribution in [0.15, 0.2) is 30.3 Å². The number of phenols is 2. The normalized spacial score (nSPS) is 10.5. The number of phenolic OH excluding ortho intramolecular Hbond substituents is 2. The number of aromatic hydroxyl groups is 2. The summed E-state index contributed by atoms with van der Waals surface area (Å²) in [6.45, 7) is 5.63. The van der Waals surface area contributed by atoms with Crippen molar-refractivity contribution >= 4 is 0 Å². The summed E-state index contributed by atoms with van der Waals surface area (Å²) in [6, 6.07) is 10.0. The van der Waals surface area contributed by atoms with Gasteiger partial charge in [-0.15, -0.1) is 0 Å². The van der Waals surface area contributed by atoms with Crippen LogP contribution in [-0.2, 0) is 0 Å². The fourth-order valence-electron chi connectivity index (χ4n) is 1.92. The second kappa shape index (κ2) is 4.13. The summed E-state index contributed by atoms with van der Waals surface area (Å²) in [4.78, 5) is 0. The molecule has 17 heavy (non-hydrogen) atoms. The second-order valence-corrected chi connectivity index (χ2v) is 4.43. The average Bonchev–Trinajstić information content (AvgIpc) is 2.32. The van der Waals surface area contributed by atoms with Crippen LogP contribution >= 0.6 is 0 Å². The Hall–Kier alpha value is -1.96. The van der Waals surface area contributed by atoms with E-state index < -0.39 is 0 Å². The van der Waals surface area contributed by atoms with Crippen molar-refractivity contribution in [2.75, 3.05) is 0 Å². The molecule has 0 aliphatic rings. The van der Waals surface area contributed by atoms with Crippen LogP contribution in [0.4, 0.5) is 0 Å². The Bertz CT molecular complexity index is 554. The Morgan fingerprint density at radius 1 is 0.824 bits per heavy atom. The van der Waals surface area contributed by atoms with Gasteiger partial charge in [0, 0.05) is 5.56 Å². The third-order valence-corrected chi connectivity index (χ3v) is 3.08. The SMILES string of the molecule is Cc1ccc(-c2cc(C)c(O)c(O)c2C)cc1. The minimum Gasteiger partial charge on any atom is -0.504 e. The molecule has 2 nitrogen and oxygen atoms in total. The zero-order chi connectivity index (χ0) is 12.6. The summed E-state index contributed by atoms with van der Waals surface area (Å²) in [5.74, 6) is -0.0565. The maximum atomic E-state index is 9.83. The first-order chi connectivity index (χ1) is 8.00. The zero-order valence-electron chi connectivity index (χ0n) is 10.3. The Balaban J connectivity index is 2.64. The molecule has 0 atom stereocenters. The third kappa shape index (κ3) is 1.98. The number of aryl methyl sites for hydroxylation is 2. The minimum absolute atomic E-state index is 0.0272. The molecule has 0 saturated carbocycles. The van der Waals surface area contributed by atoms with Gasteiger partial charge in [-0.1, -0.05) is 29.8 Å². The molecular weight excluding hydrogens is 212 g/mol. The van der Waals surface area contributed by atoms with Crippen LogP contribution in [0.25, 0.3) is 11.1 Å². The van der Waals surface area contributed by atoms with Crippen LogP contribution in [0, 0.1) is 20.8 Å². The lowest BCUT2D eigenvalue weighted by atomic mass is 9.96. The van der Waals surface area contributed by atoms with Gasteiger partial charge in [-0.3, -0.25) is 0 Å². The fourth-order valence-corrected chi connectivity index (χ4v) is 1.92. The molecule has 0 aromatic heterocycles. The number of hydrogen-bond donors (Lipinski definition) is 2. The summed E-state index contributed by atoms with van der Waals surface area (Å²) < 4.78 is 0. The van der Waals surface area contributed by atoms with Gasteiger partial charge in [0.2, 0.25) is 0 Å². The Labute approximate surface area is 101 Å². The quantitative estimate of drug-likeness (QED) is 0.731. The molecular formula is C15H16O2. The van der Waals surface area contributed by atoms with Crippen LogP contribution < -0.4 is 0 Å². The molecule has 0 spiro atoms. The van der Waals surface area contributed by atoms with Gasteiger partial charge in [0.15, 0.2) is 11.5 Å². The van der Waals surface area contributed by atoms with Crippen LogP contribution in [0.3, 0.4) is 0 Å². The van der Waals surface area contributed by atoms with Crippen molar-refractivity contribution in [2.45, 2.75) is 20.8 Å². The van der Waals surface area contributed by atoms with Gasteiger partial charge in [-0.25, -0.2) is 0 Å². The summed E-state index contributed by atoms with van der Waals surface area (Å²) in [6.07, 6.45) is 0. The van der Waals surface area contributed by atoms with Crippen molar-refractivity contribution < 1.29 is 10.2 Å². The zero-order valence-corrected chi connectivity index (χ0v) is 10.3. The first kappa shape index (κ1) is 11.5. The molecule has 0 bridgehead atoms. The molecule has 0 fully saturated rings. The van der Waals surface area contributed by atoms with Gasteiger partial charge >= 0.3 is 0 Å². The Kier molecular flexibility index (Phi) is 2.80. The molecule has 0 aliphatic heterocycles. The molecule has 2 aromatic carbocycles. The van der Waals surface area contributed by atoms with Crippen LogP contribution in [0.2, 0.25) is 0 Å². The number of hydrogen-bond acceptors (Lipinski definition) is 2. The van der Waals surface area contributed by atoms with Crippen molar-refractivity contribution in [2.24, 2.45) is 0 Å². The molecule has 2 aromatic rings. The summed E-state index contributed by atoms with van der Waals surface area (Å²) in [5, 5.41) is 19.5. The molecule has 2 heteroatoms. The van der Waals surface area contributed by atoms with Gasteiger partial charge in [-0.05, 0) is 43.5 Å². The number of rotatable bonds is 1. The van der Waals surface area contributed by atoms with Crippen molar-refractivity contribution in [3.05, 3.63) is 47.0 Å². The largest absolute Gasteiger partial charge is 0.504 e. The summed E-state index contributed by atoms with van der Waals surface area (Å²) in [7, 11) is 0. The van der Waals surface area contributed by atoms with Gasteiger partial charge in [0.1, 0.15) is 0 Å². The molecule has 0 amide bonds. The van der Waals surface area contributed by atoms with E-state index in [1.54, 1.807) is 6.92 Å². The second-order valence-electron chi connectivity index (χ2n) is 4.43. The molecule has 0 aliphatic carbocycles. The van der Waals surface area contributed by atoms with E-state index in [1.807, 2.05) is 44.2 Å². The monoisotopic (exact) mass is 228 g/mol. The van der Waals surface area contributed by atoms with Crippen molar-refractivity contribution in [3.63, 3.8) is 0 Å². The number of benzene rings is 2. The first-order valence-electron chi connectivity index (χ1n) is 5.60. The van der Waals surface area contributed by atoms with Crippen LogP contribution in [0.5, 0.6) is 11.5 Å². The Morgan fingerprint density at radius 3 is 2.00 bits per heavy atom. The van der Waals surface area contributed by atoms with Crippen molar-refractivity contribution in [3.8, 4) is 22.6 Å². The smallest absolute Gasteiger partial charge is 0.161 e. The molecule has 88 valence electrons. The van der Waals surface area contributed by atoms with Crippen LogP contribution in [-0.4, -0.2) is 10.2 Å².